The molecule has 1 heterocycles. The van der Waals surface area contributed by atoms with Gasteiger partial charge in [-0.3, -0.25) is 0 Å². The molecule has 0 aromatic heterocycles. The fraction of sp³-hybridized carbons (Fsp3) is 0.296. The summed E-state index contributed by atoms with van der Waals surface area (Å²) >= 11 is 0. The molecule has 3 aromatic rings. The van der Waals surface area contributed by atoms with E-state index < -0.39 is 12.1 Å². The molecule has 1 aliphatic heterocycles. The number of benzene rings is 3. The van der Waals surface area contributed by atoms with Crippen molar-refractivity contribution >= 4 is 6.03 Å². The van der Waals surface area contributed by atoms with Crippen molar-refractivity contribution < 1.29 is 19.4 Å². The third-order valence-electron chi connectivity index (χ3n) is 6.56. The van der Waals surface area contributed by atoms with E-state index in [1.54, 1.807) is 14.2 Å². The molecule has 0 aliphatic carbocycles. The molecule has 1 saturated heterocycles. The minimum absolute atomic E-state index is 0.159. The van der Waals surface area contributed by atoms with E-state index in [4.69, 9.17) is 9.47 Å². The fourth-order valence-electron chi connectivity index (χ4n) is 5.12. The maximum Gasteiger partial charge on any atom is 0.319 e. The molecule has 33 heavy (non-hydrogen) atoms. The van der Waals surface area contributed by atoms with Crippen molar-refractivity contribution in [1.82, 2.24) is 10.2 Å². The number of methoxy groups -OCH3 is 2. The quantitative estimate of drug-likeness (QED) is 0.422. The van der Waals surface area contributed by atoms with Crippen LogP contribution in [0.1, 0.15) is 29.5 Å². The summed E-state index contributed by atoms with van der Waals surface area (Å²) in [4.78, 5) is 14.9. The number of ether oxygens (including phenoxy) is 2. The van der Waals surface area contributed by atoms with Gasteiger partial charge in [0.25, 0.3) is 0 Å². The van der Waals surface area contributed by atoms with Crippen molar-refractivity contribution in [2.45, 2.75) is 24.3 Å². The van der Waals surface area contributed by atoms with Crippen molar-refractivity contribution in [2.24, 2.45) is 0 Å². The Morgan fingerprint density at radius 2 is 1.42 bits per heavy atom. The summed E-state index contributed by atoms with van der Waals surface area (Å²) in [6.45, 7) is 0.225. The average molecular weight is 447 g/mol. The molecule has 2 amide bonds. The molecule has 6 nitrogen and oxygen atoms in total. The maximum absolute atomic E-state index is 13.0. The Labute approximate surface area is 194 Å². The van der Waals surface area contributed by atoms with Crippen LogP contribution in [0.5, 0.6) is 11.5 Å². The van der Waals surface area contributed by atoms with E-state index in [2.05, 4.69) is 41.7 Å². The molecule has 1 atom stereocenters. The highest BCUT2D eigenvalue weighted by molar-refractivity contribution is 5.75. The van der Waals surface area contributed by atoms with Crippen LogP contribution in [0.3, 0.4) is 0 Å². The number of likely N-dealkylation sites (tertiary alicyclic amines) is 1. The standard InChI is InChI=1S/C27H30N2O4/c1-32-23-14-10-21(11-15-23)27(20-7-4-3-5-8-20,22-12-16-24(33-2)17-13-22)25-9-6-18-29(25)26(31)28-19-30/h3-5,7-8,10-17,25,30H,6,9,18-19H2,1-2H3,(H,28,31)/t25-/m0/s1. The minimum Gasteiger partial charge on any atom is -0.497 e. The van der Waals surface area contributed by atoms with Gasteiger partial charge in [0.1, 0.15) is 18.2 Å². The average Bonchev–Trinajstić information content (AvgIpc) is 3.36. The smallest absolute Gasteiger partial charge is 0.319 e. The number of carbonyl (C=O) groups excluding carboxylic acids is 1. The monoisotopic (exact) mass is 446 g/mol. The summed E-state index contributed by atoms with van der Waals surface area (Å²) in [5.41, 5.74) is 2.58. The molecule has 6 heteroatoms. The van der Waals surface area contributed by atoms with Crippen molar-refractivity contribution in [2.75, 3.05) is 27.5 Å². The van der Waals surface area contributed by atoms with Gasteiger partial charge in [0.2, 0.25) is 0 Å². The van der Waals surface area contributed by atoms with Crippen LogP contribution in [0.2, 0.25) is 0 Å². The number of carbonyl (C=O) groups is 1. The molecule has 4 rings (SSSR count). The minimum atomic E-state index is -0.636. The largest absolute Gasteiger partial charge is 0.497 e. The molecule has 0 bridgehead atoms. The lowest BCUT2D eigenvalue weighted by molar-refractivity contribution is 0.163. The number of amides is 2. The van der Waals surface area contributed by atoms with Crippen molar-refractivity contribution in [3.63, 3.8) is 0 Å². The second-order valence-corrected chi connectivity index (χ2v) is 8.12. The Hall–Kier alpha value is -3.51. The van der Waals surface area contributed by atoms with Gasteiger partial charge >= 0.3 is 6.03 Å². The molecular weight excluding hydrogens is 416 g/mol. The molecule has 0 radical (unpaired) electrons. The summed E-state index contributed by atoms with van der Waals surface area (Å²) in [5.74, 6) is 1.55. The van der Waals surface area contributed by atoms with E-state index in [9.17, 15) is 9.90 Å². The third-order valence-corrected chi connectivity index (χ3v) is 6.56. The zero-order valence-electron chi connectivity index (χ0n) is 19.0. The first kappa shape index (κ1) is 22.7. The molecule has 0 spiro atoms. The van der Waals surface area contributed by atoms with E-state index in [0.29, 0.717) is 6.54 Å². The first-order valence-electron chi connectivity index (χ1n) is 11.1. The first-order chi connectivity index (χ1) is 16.1. The van der Waals surface area contributed by atoms with E-state index in [1.165, 1.54) is 0 Å². The second-order valence-electron chi connectivity index (χ2n) is 8.12. The van der Waals surface area contributed by atoms with Crippen LogP contribution in [0.4, 0.5) is 4.79 Å². The Bertz CT molecular complexity index is 1000. The summed E-state index contributed by atoms with van der Waals surface area (Å²) in [7, 11) is 3.31. The Morgan fingerprint density at radius 1 is 0.909 bits per heavy atom. The lowest BCUT2D eigenvalue weighted by Gasteiger charge is -2.44. The van der Waals surface area contributed by atoms with Crippen LogP contribution in [0.25, 0.3) is 0 Å². The number of aliphatic hydroxyl groups is 1. The van der Waals surface area contributed by atoms with Crippen LogP contribution in [0, 0.1) is 0 Å². The molecule has 1 fully saturated rings. The molecule has 0 saturated carbocycles. The predicted octanol–water partition coefficient (Wildman–Crippen LogP) is 4.16. The Kier molecular flexibility index (Phi) is 6.84. The van der Waals surface area contributed by atoms with E-state index in [-0.39, 0.29) is 12.1 Å². The highest BCUT2D eigenvalue weighted by Crippen LogP contribution is 2.48. The molecule has 2 N–H and O–H groups in total. The van der Waals surface area contributed by atoms with Crippen LogP contribution < -0.4 is 14.8 Å². The van der Waals surface area contributed by atoms with E-state index in [0.717, 1.165) is 41.0 Å². The van der Waals surface area contributed by atoms with Gasteiger partial charge in [-0.1, -0.05) is 54.6 Å². The fourth-order valence-corrected chi connectivity index (χ4v) is 5.12. The summed E-state index contributed by atoms with van der Waals surface area (Å²) in [5, 5.41) is 11.9. The van der Waals surface area contributed by atoms with Gasteiger partial charge in [-0.25, -0.2) is 4.79 Å². The number of hydrogen-bond donors (Lipinski definition) is 2. The van der Waals surface area contributed by atoms with Crippen molar-refractivity contribution in [3.05, 3.63) is 95.6 Å². The topological polar surface area (TPSA) is 71.0 Å². The number of hydrogen-bond acceptors (Lipinski definition) is 4. The van der Waals surface area contributed by atoms with E-state index >= 15 is 0 Å². The normalized spacial score (nSPS) is 15.8. The molecular formula is C27H30N2O4. The predicted molar refractivity (Wildman–Crippen MR) is 128 cm³/mol. The van der Waals surface area contributed by atoms with Gasteiger partial charge in [0.05, 0.1) is 25.7 Å². The number of nitrogens with one attached hydrogen (secondary N) is 1. The van der Waals surface area contributed by atoms with Crippen LogP contribution >= 0.6 is 0 Å². The summed E-state index contributed by atoms with van der Waals surface area (Å²) in [6.07, 6.45) is 1.70. The Morgan fingerprint density at radius 3 is 1.91 bits per heavy atom. The summed E-state index contributed by atoms with van der Waals surface area (Å²) in [6, 6.07) is 26.1. The number of nitrogens with zero attached hydrogens (tertiary/aromatic N) is 1. The van der Waals surface area contributed by atoms with Gasteiger partial charge in [-0.05, 0) is 53.8 Å². The summed E-state index contributed by atoms with van der Waals surface area (Å²) < 4.78 is 10.8. The molecule has 0 unspecified atom stereocenters. The van der Waals surface area contributed by atoms with Gasteiger partial charge < -0.3 is 24.8 Å². The van der Waals surface area contributed by atoms with Crippen LogP contribution in [0.15, 0.2) is 78.9 Å². The zero-order valence-corrected chi connectivity index (χ0v) is 19.0. The molecule has 3 aromatic carbocycles. The van der Waals surface area contributed by atoms with Gasteiger partial charge in [-0.15, -0.1) is 0 Å². The van der Waals surface area contributed by atoms with E-state index in [1.807, 2.05) is 47.4 Å². The van der Waals surface area contributed by atoms with Crippen molar-refractivity contribution in [3.8, 4) is 11.5 Å². The van der Waals surface area contributed by atoms with Crippen LogP contribution in [-0.2, 0) is 5.41 Å². The molecule has 172 valence electrons. The Balaban J connectivity index is 2.00. The first-order valence-corrected chi connectivity index (χ1v) is 11.1. The second kappa shape index (κ2) is 9.96. The third kappa shape index (κ3) is 4.14. The molecule has 1 aliphatic rings. The maximum atomic E-state index is 13.0. The van der Waals surface area contributed by atoms with Gasteiger partial charge in [0, 0.05) is 6.54 Å². The highest BCUT2D eigenvalue weighted by atomic mass is 16.5. The lowest BCUT2D eigenvalue weighted by Crippen LogP contribution is -2.53. The zero-order chi connectivity index (χ0) is 23.3. The number of rotatable bonds is 7. The van der Waals surface area contributed by atoms with Crippen LogP contribution in [-0.4, -0.2) is 49.6 Å². The van der Waals surface area contributed by atoms with Gasteiger partial charge in [0.15, 0.2) is 0 Å². The van der Waals surface area contributed by atoms with Gasteiger partial charge in [-0.2, -0.15) is 0 Å². The SMILES string of the molecule is COc1ccc(C(c2ccccc2)(c2ccc(OC)cc2)[C@@H]2CCCN2C(=O)NCO)cc1. The number of aliphatic hydroxyl groups excluding tert-OH is 1. The lowest BCUT2D eigenvalue weighted by atomic mass is 9.64. The highest BCUT2D eigenvalue weighted by Gasteiger charge is 2.49. The number of urea groups is 1. The van der Waals surface area contributed by atoms with Crippen molar-refractivity contribution in [1.29, 1.82) is 0 Å².